The third-order valence-corrected chi connectivity index (χ3v) is 4.53. The highest BCUT2D eigenvalue weighted by atomic mass is 19.4. The Labute approximate surface area is 153 Å². The molecule has 0 aliphatic rings. The molecule has 0 saturated heterocycles. The number of nitriles is 1. The van der Waals surface area contributed by atoms with Crippen LogP contribution in [0.3, 0.4) is 0 Å². The first-order chi connectivity index (χ1) is 12.7. The third-order valence-electron chi connectivity index (χ3n) is 4.53. The number of aryl methyl sites for hydroxylation is 2. The average Bonchev–Trinajstić information content (AvgIpc) is 2.92. The first kappa shape index (κ1) is 18.5. The molecule has 1 heterocycles. The zero-order valence-electron chi connectivity index (χ0n) is 14.7. The predicted octanol–water partition coefficient (Wildman–Crippen LogP) is 4.61. The molecule has 0 unspecified atom stereocenters. The van der Waals surface area contributed by atoms with Gasteiger partial charge in [-0.15, -0.1) is 0 Å². The summed E-state index contributed by atoms with van der Waals surface area (Å²) in [4.78, 5) is 15.5. The number of hydrogen-bond acceptors (Lipinski definition) is 2. The fourth-order valence-corrected chi connectivity index (χ4v) is 2.92. The molecule has 4 nitrogen and oxygen atoms in total. The Balaban J connectivity index is 1.80. The number of carbonyl (C=O) groups excluding carboxylic acids is 1. The van der Waals surface area contributed by atoms with Gasteiger partial charge in [-0.25, -0.2) is 0 Å². The molecule has 7 heteroatoms. The van der Waals surface area contributed by atoms with E-state index in [1.807, 2.05) is 32.0 Å². The van der Waals surface area contributed by atoms with E-state index in [2.05, 4.69) is 10.3 Å². The predicted molar refractivity (Wildman–Crippen MR) is 95.1 cm³/mol. The van der Waals surface area contributed by atoms with Gasteiger partial charge in [0, 0.05) is 28.7 Å². The summed E-state index contributed by atoms with van der Waals surface area (Å²) in [6, 6.07) is 10.1. The molecule has 3 rings (SSSR count). The maximum atomic E-state index is 13.0. The number of H-pyrrole nitrogens is 1. The van der Waals surface area contributed by atoms with Crippen LogP contribution >= 0.6 is 0 Å². The normalized spacial score (nSPS) is 11.4. The minimum absolute atomic E-state index is 0.143. The van der Waals surface area contributed by atoms with Crippen LogP contribution in [0, 0.1) is 25.2 Å². The van der Waals surface area contributed by atoms with Crippen LogP contribution in [0.15, 0.2) is 36.4 Å². The van der Waals surface area contributed by atoms with Crippen molar-refractivity contribution < 1.29 is 18.0 Å². The quantitative estimate of drug-likeness (QED) is 0.706. The van der Waals surface area contributed by atoms with Gasteiger partial charge in [-0.3, -0.25) is 4.79 Å². The molecule has 0 saturated carbocycles. The Morgan fingerprint density at radius 2 is 1.93 bits per heavy atom. The molecule has 2 aromatic carbocycles. The second kappa shape index (κ2) is 6.80. The van der Waals surface area contributed by atoms with Crippen molar-refractivity contribution in [2.24, 2.45) is 0 Å². The van der Waals surface area contributed by atoms with Gasteiger partial charge in [-0.2, -0.15) is 18.4 Å². The fraction of sp³-hybridized carbons (Fsp3) is 0.200. The number of nitrogens with zero attached hydrogens (tertiary/aromatic N) is 1. The average molecular weight is 371 g/mol. The first-order valence-electron chi connectivity index (χ1n) is 8.18. The van der Waals surface area contributed by atoms with Crippen molar-refractivity contribution >= 4 is 16.8 Å². The van der Waals surface area contributed by atoms with Crippen LogP contribution in [0.2, 0.25) is 0 Å². The maximum absolute atomic E-state index is 13.0. The van der Waals surface area contributed by atoms with E-state index in [4.69, 9.17) is 5.26 Å². The van der Waals surface area contributed by atoms with Crippen molar-refractivity contribution in [2.45, 2.75) is 26.6 Å². The molecule has 0 fully saturated rings. The van der Waals surface area contributed by atoms with Gasteiger partial charge in [0.1, 0.15) is 0 Å². The zero-order valence-corrected chi connectivity index (χ0v) is 14.7. The highest BCUT2D eigenvalue weighted by molar-refractivity contribution is 5.94. The fourth-order valence-electron chi connectivity index (χ4n) is 2.92. The first-order valence-corrected chi connectivity index (χ1v) is 8.18. The third kappa shape index (κ3) is 3.65. The summed E-state index contributed by atoms with van der Waals surface area (Å²) in [5.41, 5.74) is 2.23. The lowest BCUT2D eigenvalue weighted by Crippen LogP contribution is -2.23. The van der Waals surface area contributed by atoms with Gasteiger partial charge in [0.05, 0.1) is 17.2 Å². The van der Waals surface area contributed by atoms with Crippen LogP contribution in [0.1, 0.15) is 38.3 Å². The zero-order chi connectivity index (χ0) is 19.8. The lowest BCUT2D eigenvalue weighted by molar-refractivity contribution is -0.137. The molecule has 0 radical (unpaired) electrons. The van der Waals surface area contributed by atoms with E-state index < -0.39 is 23.2 Å². The highest BCUT2D eigenvalue weighted by Crippen LogP contribution is 2.32. The molecule has 2 N–H and O–H groups in total. The van der Waals surface area contributed by atoms with Gasteiger partial charge in [-0.1, -0.05) is 6.07 Å². The van der Waals surface area contributed by atoms with Crippen LogP contribution in [0.25, 0.3) is 10.9 Å². The smallest absolute Gasteiger partial charge is 0.358 e. The molecule has 3 aromatic rings. The van der Waals surface area contributed by atoms with E-state index in [1.165, 1.54) is 12.1 Å². The number of carbonyl (C=O) groups is 1. The molecule has 0 spiro atoms. The van der Waals surface area contributed by atoms with Gasteiger partial charge < -0.3 is 10.3 Å². The number of hydrogen-bond donors (Lipinski definition) is 2. The number of aromatic nitrogens is 1. The minimum Gasteiger partial charge on any atom is -0.358 e. The number of amides is 1. The van der Waals surface area contributed by atoms with E-state index in [0.29, 0.717) is 6.07 Å². The molecular weight excluding hydrogens is 355 g/mol. The van der Waals surface area contributed by atoms with E-state index in [9.17, 15) is 18.0 Å². The molecular formula is C20H16F3N3O. The second-order valence-corrected chi connectivity index (χ2v) is 6.31. The summed E-state index contributed by atoms with van der Waals surface area (Å²) in [6.07, 6.45) is -4.70. The van der Waals surface area contributed by atoms with Crippen LogP contribution < -0.4 is 5.32 Å². The van der Waals surface area contributed by atoms with E-state index in [0.717, 1.165) is 33.8 Å². The van der Waals surface area contributed by atoms with Crippen molar-refractivity contribution in [1.82, 2.24) is 10.3 Å². The summed E-state index contributed by atoms with van der Waals surface area (Å²) in [5, 5.41) is 12.5. The summed E-state index contributed by atoms with van der Waals surface area (Å²) in [5.74, 6) is -0.632. The molecule has 1 aromatic heterocycles. The molecule has 0 aliphatic carbocycles. The number of benzene rings is 2. The summed E-state index contributed by atoms with van der Waals surface area (Å²) < 4.78 is 39.1. The Morgan fingerprint density at radius 1 is 1.19 bits per heavy atom. The van der Waals surface area contributed by atoms with E-state index in [1.54, 1.807) is 0 Å². The largest absolute Gasteiger partial charge is 0.417 e. The summed E-state index contributed by atoms with van der Waals surface area (Å²) >= 11 is 0. The van der Waals surface area contributed by atoms with Gasteiger partial charge >= 0.3 is 6.18 Å². The van der Waals surface area contributed by atoms with Crippen molar-refractivity contribution in [2.75, 3.05) is 0 Å². The maximum Gasteiger partial charge on any atom is 0.417 e. The summed E-state index contributed by atoms with van der Waals surface area (Å²) in [7, 11) is 0. The Bertz CT molecular complexity index is 1070. The molecule has 0 atom stereocenters. The molecule has 0 aliphatic heterocycles. The number of fused-ring (bicyclic) bond motifs is 1. The Morgan fingerprint density at radius 3 is 2.59 bits per heavy atom. The molecule has 1 amide bonds. The molecule has 27 heavy (non-hydrogen) atoms. The van der Waals surface area contributed by atoms with Crippen molar-refractivity contribution in [3.63, 3.8) is 0 Å². The Kier molecular flexibility index (Phi) is 4.66. The minimum atomic E-state index is -4.70. The standard InChI is InChI=1S/C20H16F3N3O/c1-11-12(2)26-18-6-3-13(7-16(11)18)10-25-19(27)14-4-5-15(9-24)17(8-14)20(21,22)23/h3-8,26H,10H2,1-2H3,(H,25,27). The molecule has 138 valence electrons. The SMILES string of the molecule is Cc1[nH]c2ccc(CNC(=O)c3ccc(C#N)c(C(F)(F)F)c3)cc2c1C. The van der Waals surface area contributed by atoms with E-state index in [-0.39, 0.29) is 12.1 Å². The number of alkyl halides is 3. The van der Waals surface area contributed by atoms with Gasteiger partial charge in [0.25, 0.3) is 5.91 Å². The van der Waals surface area contributed by atoms with Crippen LogP contribution in [-0.4, -0.2) is 10.9 Å². The Hall–Kier alpha value is -3.27. The van der Waals surface area contributed by atoms with Gasteiger partial charge in [0.15, 0.2) is 0 Å². The van der Waals surface area contributed by atoms with E-state index >= 15 is 0 Å². The van der Waals surface area contributed by atoms with Crippen molar-refractivity contribution in [3.05, 3.63) is 69.9 Å². The number of nitrogens with one attached hydrogen (secondary N) is 2. The second-order valence-electron chi connectivity index (χ2n) is 6.31. The number of aromatic amines is 1. The van der Waals surface area contributed by atoms with Crippen molar-refractivity contribution in [1.29, 1.82) is 5.26 Å². The lowest BCUT2D eigenvalue weighted by Gasteiger charge is -2.11. The van der Waals surface area contributed by atoms with Crippen LogP contribution in [0.5, 0.6) is 0 Å². The topological polar surface area (TPSA) is 68.7 Å². The number of rotatable bonds is 3. The summed E-state index contributed by atoms with van der Waals surface area (Å²) in [6.45, 7) is 4.14. The molecule has 0 bridgehead atoms. The van der Waals surface area contributed by atoms with Gasteiger partial charge in [-0.05, 0) is 55.3 Å². The van der Waals surface area contributed by atoms with Gasteiger partial charge in [0.2, 0.25) is 0 Å². The van der Waals surface area contributed by atoms with Crippen LogP contribution in [0.4, 0.5) is 13.2 Å². The number of halogens is 3. The van der Waals surface area contributed by atoms with Crippen molar-refractivity contribution in [3.8, 4) is 6.07 Å². The van der Waals surface area contributed by atoms with Crippen LogP contribution in [-0.2, 0) is 12.7 Å². The lowest BCUT2D eigenvalue weighted by atomic mass is 10.0. The highest BCUT2D eigenvalue weighted by Gasteiger charge is 2.34. The monoisotopic (exact) mass is 371 g/mol.